The van der Waals surface area contributed by atoms with Gasteiger partial charge in [-0.1, -0.05) is 13.8 Å². The van der Waals surface area contributed by atoms with E-state index in [1.54, 1.807) is 13.4 Å². The second kappa shape index (κ2) is 7.16. The third kappa shape index (κ3) is 3.98. The van der Waals surface area contributed by atoms with Crippen molar-refractivity contribution in [1.82, 2.24) is 9.97 Å². The molecule has 1 aromatic heterocycles. The molecule has 0 aromatic carbocycles. The molecule has 0 atom stereocenters. The first-order valence-corrected chi connectivity index (χ1v) is 6.90. The van der Waals surface area contributed by atoms with Gasteiger partial charge in [-0.05, 0) is 26.7 Å². The highest BCUT2D eigenvalue weighted by molar-refractivity contribution is 5.65. The van der Waals surface area contributed by atoms with Crippen LogP contribution in [0.5, 0.6) is 5.75 Å². The lowest BCUT2D eigenvalue weighted by Gasteiger charge is -2.31. The molecule has 1 N–H and O–H groups in total. The van der Waals surface area contributed by atoms with E-state index in [9.17, 15) is 0 Å². The molecule has 108 valence electrons. The molecule has 0 aliphatic carbocycles. The first-order chi connectivity index (χ1) is 9.01. The van der Waals surface area contributed by atoms with Gasteiger partial charge in [0.25, 0.3) is 0 Å². The number of aromatic nitrogens is 2. The Kier molecular flexibility index (Phi) is 5.86. The van der Waals surface area contributed by atoms with Crippen LogP contribution in [-0.2, 0) is 0 Å². The largest absolute Gasteiger partial charge is 0.490 e. The highest BCUT2D eigenvalue weighted by atomic mass is 16.5. The highest BCUT2D eigenvalue weighted by Gasteiger charge is 2.20. The molecular formula is C14H26N4O. The highest BCUT2D eigenvalue weighted by Crippen LogP contribution is 2.33. The normalized spacial score (nSPS) is 10.9. The Balaban J connectivity index is 3.17. The van der Waals surface area contributed by atoms with Crippen molar-refractivity contribution in [3.8, 4) is 5.75 Å². The average Bonchev–Trinajstić information content (AvgIpc) is 2.35. The third-order valence-corrected chi connectivity index (χ3v) is 2.79. The zero-order valence-corrected chi connectivity index (χ0v) is 12.9. The molecule has 0 unspecified atom stereocenters. The maximum Gasteiger partial charge on any atom is 0.204 e. The number of ether oxygens (including phenoxy) is 1. The summed E-state index contributed by atoms with van der Waals surface area (Å²) in [6.45, 7) is 12.5. The summed E-state index contributed by atoms with van der Waals surface area (Å²) >= 11 is 0. The molecule has 0 saturated carbocycles. The van der Waals surface area contributed by atoms with Crippen LogP contribution in [0.3, 0.4) is 0 Å². The first kappa shape index (κ1) is 15.5. The topological polar surface area (TPSA) is 50.3 Å². The fourth-order valence-corrected chi connectivity index (χ4v) is 1.99. The molecule has 0 radical (unpaired) electrons. The van der Waals surface area contributed by atoms with Crippen LogP contribution in [-0.4, -0.2) is 36.2 Å². The summed E-state index contributed by atoms with van der Waals surface area (Å²) in [6, 6.07) is 0.362. The van der Waals surface area contributed by atoms with Crippen molar-refractivity contribution in [3.05, 3.63) is 6.33 Å². The van der Waals surface area contributed by atoms with E-state index in [1.807, 2.05) is 6.92 Å². The molecule has 0 amide bonds. The van der Waals surface area contributed by atoms with Crippen molar-refractivity contribution in [2.75, 3.05) is 30.4 Å². The SMILES string of the molecule is CCNc1ncnc(N(CC(C)C)C(C)C)c1OC. The maximum absolute atomic E-state index is 5.51. The molecule has 0 aliphatic heterocycles. The van der Waals surface area contributed by atoms with Crippen molar-refractivity contribution in [1.29, 1.82) is 0 Å². The second-order valence-corrected chi connectivity index (χ2v) is 5.25. The number of rotatable bonds is 7. The number of hydrogen-bond donors (Lipinski definition) is 1. The monoisotopic (exact) mass is 266 g/mol. The minimum atomic E-state index is 0.362. The van der Waals surface area contributed by atoms with Gasteiger partial charge in [-0.15, -0.1) is 0 Å². The molecule has 0 bridgehead atoms. The molecule has 0 aliphatic rings. The van der Waals surface area contributed by atoms with Crippen molar-refractivity contribution in [2.45, 2.75) is 40.7 Å². The lowest BCUT2D eigenvalue weighted by atomic mass is 10.1. The van der Waals surface area contributed by atoms with E-state index in [4.69, 9.17) is 4.74 Å². The minimum Gasteiger partial charge on any atom is -0.490 e. The summed E-state index contributed by atoms with van der Waals surface area (Å²) in [7, 11) is 1.66. The standard InChI is InChI=1S/C14H26N4O/c1-7-15-13-12(19-6)14(17-9-16-13)18(11(4)5)8-10(2)3/h9-11H,7-8H2,1-6H3,(H,15,16,17). The number of methoxy groups -OCH3 is 1. The van der Waals surface area contributed by atoms with Gasteiger partial charge in [0, 0.05) is 19.1 Å². The number of nitrogens with zero attached hydrogens (tertiary/aromatic N) is 3. The van der Waals surface area contributed by atoms with E-state index in [0.29, 0.717) is 12.0 Å². The van der Waals surface area contributed by atoms with Gasteiger partial charge in [-0.3, -0.25) is 0 Å². The molecule has 5 heteroatoms. The van der Waals surface area contributed by atoms with Gasteiger partial charge in [0.15, 0.2) is 11.6 Å². The summed E-state index contributed by atoms with van der Waals surface area (Å²) < 4.78 is 5.51. The van der Waals surface area contributed by atoms with Gasteiger partial charge >= 0.3 is 0 Å². The zero-order valence-electron chi connectivity index (χ0n) is 12.9. The predicted octanol–water partition coefficient (Wildman–Crippen LogP) is 2.79. The Labute approximate surface area is 116 Å². The Morgan fingerprint density at radius 1 is 1.26 bits per heavy atom. The average molecular weight is 266 g/mol. The van der Waals surface area contributed by atoms with Gasteiger partial charge in [-0.2, -0.15) is 0 Å². The van der Waals surface area contributed by atoms with E-state index < -0.39 is 0 Å². The Bertz CT molecular complexity index is 393. The van der Waals surface area contributed by atoms with E-state index >= 15 is 0 Å². The summed E-state index contributed by atoms with van der Waals surface area (Å²) in [5.41, 5.74) is 0. The fourth-order valence-electron chi connectivity index (χ4n) is 1.99. The van der Waals surface area contributed by atoms with Gasteiger partial charge in [0.1, 0.15) is 6.33 Å². The molecule has 0 saturated heterocycles. The molecule has 1 aromatic rings. The summed E-state index contributed by atoms with van der Waals surface area (Å²) in [5, 5.41) is 3.21. The molecule has 0 fully saturated rings. The van der Waals surface area contributed by atoms with Gasteiger partial charge < -0.3 is 15.0 Å². The van der Waals surface area contributed by atoms with E-state index in [-0.39, 0.29) is 0 Å². The van der Waals surface area contributed by atoms with Gasteiger partial charge in [0.05, 0.1) is 7.11 Å². The minimum absolute atomic E-state index is 0.362. The van der Waals surface area contributed by atoms with Crippen LogP contribution in [0.2, 0.25) is 0 Å². The molecule has 1 rings (SSSR count). The van der Waals surface area contributed by atoms with Gasteiger partial charge in [0.2, 0.25) is 5.75 Å². The molecular weight excluding hydrogens is 240 g/mol. The van der Waals surface area contributed by atoms with Crippen LogP contribution in [0.15, 0.2) is 6.33 Å². The lowest BCUT2D eigenvalue weighted by Crippen LogP contribution is -2.35. The van der Waals surface area contributed by atoms with Crippen molar-refractivity contribution < 1.29 is 4.74 Å². The molecule has 5 nitrogen and oxygen atoms in total. The molecule has 1 heterocycles. The van der Waals surface area contributed by atoms with Crippen LogP contribution in [0.4, 0.5) is 11.6 Å². The summed E-state index contributed by atoms with van der Waals surface area (Å²) in [6.07, 6.45) is 1.59. The lowest BCUT2D eigenvalue weighted by molar-refractivity contribution is 0.409. The third-order valence-electron chi connectivity index (χ3n) is 2.79. The Morgan fingerprint density at radius 2 is 1.95 bits per heavy atom. The van der Waals surface area contributed by atoms with Crippen molar-refractivity contribution in [2.24, 2.45) is 5.92 Å². The quantitative estimate of drug-likeness (QED) is 0.822. The van der Waals surface area contributed by atoms with E-state index in [0.717, 1.165) is 30.5 Å². The van der Waals surface area contributed by atoms with Crippen molar-refractivity contribution >= 4 is 11.6 Å². The number of hydrogen-bond acceptors (Lipinski definition) is 5. The fraction of sp³-hybridized carbons (Fsp3) is 0.714. The molecule has 0 spiro atoms. The smallest absolute Gasteiger partial charge is 0.204 e. The van der Waals surface area contributed by atoms with Gasteiger partial charge in [-0.25, -0.2) is 9.97 Å². The van der Waals surface area contributed by atoms with Crippen LogP contribution >= 0.6 is 0 Å². The zero-order chi connectivity index (χ0) is 14.4. The number of anilines is 2. The summed E-state index contributed by atoms with van der Waals surface area (Å²) in [4.78, 5) is 10.9. The maximum atomic E-state index is 5.51. The first-order valence-electron chi connectivity index (χ1n) is 6.90. The predicted molar refractivity (Wildman–Crippen MR) is 80.1 cm³/mol. The van der Waals surface area contributed by atoms with Crippen molar-refractivity contribution in [3.63, 3.8) is 0 Å². The van der Waals surface area contributed by atoms with Crippen LogP contribution in [0, 0.1) is 5.92 Å². The Morgan fingerprint density at radius 3 is 2.42 bits per heavy atom. The van der Waals surface area contributed by atoms with Crippen LogP contribution in [0.1, 0.15) is 34.6 Å². The summed E-state index contributed by atoms with van der Waals surface area (Å²) in [5.74, 6) is 2.89. The van der Waals surface area contributed by atoms with E-state index in [2.05, 4.69) is 47.9 Å². The van der Waals surface area contributed by atoms with Crippen LogP contribution in [0.25, 0.3) is 0 Å². The van der Waals surface area contributed by atoms with E-state index in [1.165, 1.54) is 0 Å². The Hall–Kier alpha value is -1.52. The van der Waals surface area contributed by atoms with Crippen LogP contribution < -0.4 is 15.0 Å². The molecule has 19 heavy (non-hydrogen) atoms. The number of nitrogens with one attached hydrogen (secondary N) is 1. The second-order valence-electron chi connectivity index (χ2n) is 5.25.